The van der Waals surface area contributed by atoms with E-state index < -0.39 is 0 Å². The van der Waals surface area contributed by atoms with Crippen molar-refractivity contribution in [2.45, 2.75) is 51.0 Å². The van der Waals surface area contributed by atoms with Crippen LogP contribution in [0.4, 0.5) is 5.69 Å². The number of hydrogen-bond acceptors (Lipinski definition) is 0. The van der Waals surface area contributed by atoms with E-state index in [-0.39, 0.29) is 12.4 Å². The summed E-state index contributed by atoms with van der Waals surface area (Å²) < 4.78 is 1.33. The standard InChI is InChI=1S/C18H26N.ClH/c1-3-7-15(8-4-1)11-16-12-18-14-19(18,13-16)17-9-5-2-6-10-17;/h2,5-6,9-10,15-16,18H,1,3-4,7-8,11-14H2;1H/q+1;. The molecule has 0 radical (unpaired) electrons. The highest BCUT2D eigenvalue weighted by Crippen LogP contribution is 2.50. The quantitative estimate of drug-likeness (QED) is 0.555. The molecule has 0 N–H and O–H groups in total. The summed E-state index contributed by atoms with van der Waals surface area (Å²) in [6.07, 6.45) is 10.6. The Labute approximate surface area is 129 Å². The Kier molecular flexibility index (Phi) is 4.10. The number of quaternary nitrogens is 1. The summed E-state index contributed by atoms with van der Waals surface area (Å²) in [6.45, 7) is 2.86. The molecule has 0 aromatic heterocycles. The van der Waals surface area contributed by atoms with Crippen molar-refractivity contribution in [3.05, 3.63) is 30.3 Å². The maximum atomic E-state index is 2.35. The van der Waals surface area contributed by atoms with E-state index >= 15 is 0 Å². The third kappa shape index (κ3) is 2.51. The van der Waals surface area contributed by atoms with E-state index in [1.165, 1.54) is 62.5 Å². The Morgan fingerprint density at radius 2 is 1.65 bits per heavy atom. The molecule has 2 aliphatic heterocycles. The second-order valence-corrected chi connectivity index (χ2v) is 7.23. The molecular formula is C18H27ClN+. The van der Waals surface area contributed by atoms with Gasteiger partial charge in [0.2, 0.25) is 0 Å². The SMILES string of the molecule is Cl.c1ccc([N+]23CC(CC4CCCCC4)CC2C3)cc1. The van der Waals surface area contributed by atoms with Gasteiger partial charge in [0, 0.05) is 12.3 Å². The first-order chi connectivity index (χ1) is 9.37. The van der Waals surface area contributed by atoms with Crippen LogP contribution >= 0.6 is 12.4 Å². The monoisotopic (exact) mass is 292 g/mol. The maximum absolute atomic E-state index is 2.35. The van der Waals surface area contributed by atoms with E-state index in [2.05, 4.69) is 30.3 Å². The molecule has 110 valence electrons. The first-order valence-electron chi connectivity index (χ1n) is 8.29. The van der Waals surface area contributed by atoms with Gasteiger partial charge in [-0.15, -0.1) is 12.4 Å². The van der Waals surface area contributed by atoms with Crippen LogP contribution in [0.15, 0.2) is 30.3 Å². The topological polar surface area (TPSA) is 0 Å². The predicted molar refractivity (Wildman–Crippen MR) is 88.3 cm³/mol. The van der Waals surface area contributed by atoms with Crippen molar-refractivity contribution in [1.82, 2.24) is 4.48 Å². The molecule has 2 heteroatoms. The Bertz CT molecular complexity index is 440. The molecule has 1 aromatic carbocycles. The first kappa shape index (κ1) is 14.4. The predicted octanol–water partition coefficient (Wildman–Crippen LogP) is 4.79. The van der Waals surface area contributed by atoms with Crippen LogP contribution in [-0.2, 0) is 0 Å². The summed E-state index contributed by atoms with van der Waals surface area (Å²) in [5.41, 5.74) is 1.58. The highest BCUT2D eigenvalue weighted by molar-refractivity contribution is 5.85. The largest absolute Gasteiger partial charge is 0.279 e. The summed E-state index contributed by atoms with van der Waals surface area (Å²) in [6, 6.07) is 12.2. The summed E-state index contributed by atoms with van der Waals surface area (Å²) >= 11 is 0. The van der Waals surface area contributed by atoms with Gasteiger partial charge >= 0.3 is 0 Å². The van der Waals surface area contributed by atoms with Gasteiger partial charge in [0.05, 0.1) is 6.54 Å². The van der Waals surface area contributed by atoms with Gasteiger partial charge in [-0.2, -0.15) is 0 Å². The summed E-state index contributed by atoms with van der Waals surface area (Å²) in [7, 11) is 0. The summed E-state index contributed by atoms with van der Waals surface area (Å²) in [5.74, 6) is 2.08. The zero-order valence-electron chi connectivity index (χ0n) is 12.3. The third-order valence-electron chi connectivity index (χ3n) is 5.95. The zero-order chi connectivity index (χ0) is 12.7. The molecule has 1 nitrogen and oxygen atoms in total. The fourth-order valence-corrected chi connectivity index (χ4v) is 4.96. The van der Waals surface area contributed by atoms with Gasteiger partial charge in [0.25, 0.3) is 0 Å². The average Bonchev–Trinajstić information content (AvgIpc) is 3.04. The van der Waals surface area contributed by atoms with E-state index in [9.17, 15) is 0 Å². The van der Waals surface area contributed by atoms with Crippen LogP contribution < -0.4 is 4.48 Å². The number of piperidine rings is 1. The fourth-order valence-electron chi connectivity index (χ4n) is 4.96. The molecule has 0 amide bonds. The molecule has 20 heavy (non-hydrogen) atoms. The third-order valence-corrected chi connectivity index (χ3v) is 5.95. The number of hydrogen-bond donors (Lipinski definition) is 0. The van der Waals surface area contributed by atoms with Gasteiger partial charge in [-0.05, 0) is 24.5 Å². The summed E-state index contributed by atoms with van der Waals surface area (Å²) in [5, 5.41) is 0. The van der Waals surface area contributed by atoms with Crippen LogP contribution in [0.1, 0.15) is 44.9 Å². The van der Waals surface area contributed by atoms with E-state index in [4.69, 9.17) is 0 Å². The molecule has 3 unspecified atom stereocenters. The second kappa shape index (κ2) is 5.69. The molecule has 1 aliphatic carbocycles. The number of para-hydroxylation sites is 1. The molecule has 1 saturated carbocycles. The highest BCUT2D eigenvalue weighted by atomic mass is 35.5. The van der Waals surface area contributed by atoms with Crippen molar-refractivity contribution in [3.8, 4) is 0 Å². The van der Waals surface area contributed by atoms with Crippen LogP contribution in [0.5, 0.6) is 0 Å². The molecule has 3 atom stereocenters. The van der Waals surface area contributed by atoms with Crippen molar-refractivity contribution < 1.29 is 0 Å². The number of nitrogens with zero attached hydrogens (tertiary/aromatic N) is 1. The Morgan fingerprint density at radius 3 is 2.40 bits per heavy atom. The molecule has 1 aromatic rings. The van der Waals surface area contributed by atoms with Crippen molar-refractivity contribution in [2.75, 3.05) is 13.1 Å². The van der Waals surface area contributed by atoms with E-state index in [0.29, 0.717) is 0 Å². The van der Waals surface area contributed by atoms with Crippen LogP contribution in [0, 0.1) is 11.8 Å². The average molecular weight is 293 g/mol. The zero-order valence-corrected chi connectivity index (χ0v) is 13.2. The van der Waals surface area contributed by atoms with Crippen molar-refractivity contribution >= 4 is 18.1 Å². The molecule has 4 rings (SSSR count). The number of fused-ring (bicyclic) bond motifs is 1. The second-order valence-electron chi connectivity index (χ2n) is 7.23. The van der Waals surface area contributed by atoms with E-state index in [1.54, 1.807) is 5.69 Å². The Balaban J connectivity index is 0.00000121. The summed E-state index contributed by atoms with van der Waals surface area (Å²) in [4.78, 5) is 0. The minimum absolute atomic E-state index is 0. The minimum Gasteiger partial charge on any atom is -0.279 e. The normalized spacial score (nSPS) is 36.2. The molecule has 0 spiro atoms. The van der Waals surface area contributed by atoms with Gasteiger partial charge in [0.1, 0.15) is 18.3 Å². The van der Waals surface area contributed by atoms with Crippen LogP contribution in [0.3, 0.4) is 0 Å². The number of benzene rings is 1. The highest BCUT2D eigenvalue weighted by Gasteiger charge is 2.62. The molecule has 2 heterocycles. The van der Waals surface area contributed by atoms with Gasteiger partial charge in [-0.1, -0.05) is 50.3 Å². The lowest BCUT2D eigenvalue weighted by molar-refractivity contribution is 0.284. The van der Waals surface area contributed by atoms with Gasteiger partial charge in [-0.3, -0.25) is 4.48 Å². The first-order valence-corrected chi connectivity index (χ1v) is 8.29. The molecule has 3 fully saturated rings. The molecular weight excluding hydrogens is 266 g/mol. The number of rotatable bonds is 3. The van der Waals surface area contributed by atoms with Crippen molar-refractivity contribution in [3.63, 3.8) is 0 Å². The lowest BCUT2D eigenvalue weighted by Gasteiger charge is -2.25. The Hall–Kier alpha value is -0.530. The van der Waals surface area contributed by atoms with Crippen LogP contribution in [-0.4, -0.2) is 19.1 Å². The van der Waals surface area contributed by atoms with E-state index in [0.717, 1.165) is 17.9 Å². The van der Waals surface area contributed by atoms with E-state index in [1.807, 2.05) is 0 Å². The molecule has 3 aliphatic rings. The smallest absolute Gasteiger partial charge is 0.144 e. The van der Waals surface area contributed by atoms with Crippen LogP contribution in [0.2, 0.25) is 0 Å². The van der Waals surface area contributed by atoms with Crippen molar-refractivity contribution in [1.29, 1.82) is 0 Å². The van der Waals surface area contributed by atoms with Gasteiger partial charge < -0.3 is 0 Å². The number of halogens is 1. The van der Waals surface area contributed by atoms with Crippen LogP contribution in [0.25, 0.3) is 0 Å². The molecule has 2 saturated heterocycles. The lowest BCUT2D eigenvalue weighted by Crippen LogP contribution is -2.29. The fraction of sp³-hybridized carbons (Fsp3) is 0.667. The molecule has 0 bridgehead atoms. The minimum atomic E-state index is 0. The maximum Gasteiger partial charge on any atom is 0.144 e. The lowest BCUT2D eigenvalue weighted by atomic mass is 9.82. The van der Waals surface area contributed by atoms with Gasteiger partial charge in [-0.25, -0.2) is 0 Å². The van der Waals surface area contributed by atoms with Gasteiger partial charge in [0.15, 0.2) is 0 Å². The Morgan fingerprint density at radius 1 is 0.900 bits per heavy atom. The van der Waals surface area contributed by atoms with Crippen molar-refractivity contribution in [2.24, 2.45) is 11.8 Å².